The van der Waals surface area contributed by atoms with Gasteiger partial charge in [0.25, 0.3) is 0 Å². The third kappa shape index (κ3) is 1.48. The van der Waals surface area contributed by atoms with Crippen LogP contribution in [-0.2, 0) is 0 Å². The predicted molar refractivity (Wildman–Crippen MR) is 60.2 cm³/mol. The van der Waals surface area contributed by atoms with Crippen LogP contribution >= 0.6 is 0 Å². The summed E-state index contributed by atoms with van der Waals surface area (Å²) < 4.78 is 13.9. The first-order chi connectivity index (χ1) is 7.00. The largest absolute Gasteiger partial charge is 0.330 e. The molecule has 0 unspecified atom stereocenters. The molecule has 15 heavy (non-hydrogen) atoms. The molecule has 0 amide bonds. The molecule has 1 fully saturated rings. The molecule has 0 spiro atoms. The summed E-state index contributed by atoms with van der Waals surface area (Å²) in [6, 6.07) is 5.63. The van der Waals surface area contributed by atoms with Crippen LogP contribution in [0.3, 0.4) is 0 Å². The average Bonchev–Trinajstić information content (AvgIpc) is 2.73. The molecule has 0 saturated heterocycles. The summed E-state index contributed by atoms with van der Waals surface area (Å²) in [5.74, 6) is 0.669. The summed E-state index contributed by atoms with van der Waals surface area (Å²) in [6.45, 7) is 6.78. The Hall–Kier alpha value is -0.890. The summed E-state index contributed by atoms with van der Waals surface area (Å²) in [6.07, 6.45) is 0. The van der Waals surface area contributed by atoms with E-state index in [4.69, 9.17) is 5.73 Å². The first-order valence-electron chi connectivity index (χ1n) is 5.45. The molecule has 1 nitrogen and oxygen atoms in total. The number of hydrogen-bond acceptors (Lipinski definition) is 1. The zero-order chi connectivity index (χ0) is 11.2. The fraction of sp³-hybridized carbons (Fsp3) is 0.538. The van der Waals surface area contributed by atoms with Crippen molar-refractivity contribution in [2.45, 2.75) is 26.7 Å². The second-order valence-electron chi connectivity index (χ2n) is 5.12. The van der Waals surface area contributed by atoms with Crippen molar-refractivity contribution < 1.29 is 4.39 Å². The van der Waals surface area contributed by atoms with Crippen molar-refractivity contribution in [3.8, 4) is 0 Å². The molecule has 1 aromatic carbocycles. The Morgan fingerprint density at radius 3 is 2.60 bits per heavy atom. The van der Waals surface area contributed by atoms with Crippen LogP contribution in [0.25, 0.3) is 0 Å². The van der Waals surface area contributed by atoms with Gasteiger partial charge in [0.1, 0.15) is 5.82 Å². The summed E-state index contributed by atoms with van der Waals surface area (Å²) in [4.78, 5) is 0. The van der Waals surface area contributed by atoms with E-state index in [0.29, 0.717) is 18.4 Å². The van der Waals surface area contributed by atoms with Gasteiger partial charge in [-0.25, -0.2) is 4.39 Å². The highest BCUT2D eigenvalue weighted by Crippen LogP contribution is 2.64. The van der Waals surface area contributed by atoms with Gasteiger partial charge in [-0.3, -0.25) is 0 Å². The van der Waals surface area contributed by atoms with Gasteiger partial charge < -0.3 is 5.73 Å². The number of aryl methyl sites for hydroxylation is 1. The molecule has 0 heterocycles. The Balaban J connectivity index is 2.37. The number of halogens is 1. The molecule has 1 aliphatic carbocycles. The zero-order valence-electron chi connectivity index (χ0n) is 9.55. The van der Waals surface area contributed by atoms with Crippen molar-refractivity contribution in [3.63, 3.8) is 0 Å². The maximum atomic E-state index is 13.9. The standard InChI is InChI=1S/C13H18FN/c1-8-5-4-6-9(12(8)14)11-10(7-15)13(11,2)3/h4-6,10-11H,7,15H2,1-3H3/t10-,11-/m1/s1. The van der Waals surface area contributed by atoms with E-state index in [9.17, 15) is 4.39 Å². The molecule has 0 aromatic heterocycles. The van der Waals surface area contributed by atoms with Gasteiger partial charge in [-0.05, 0) is 41.8 Å². The summed E-state index contributed by atoms with van der Waals surface area (Å²) in [7, 11) is 0. The van der Waals surface area contributed by atoms with E-state index in [0.717, 1.165) is 11.1 Å². The first-order valence-corrected chi connectivity index (χ1v) is 5.45. The van der Waals surface area contributed by atoms with Crippen molar-refractivity contribution in [1.82, 2.24) is 0 Å². The Bertz CT molecular complexity index is 384. The molecular weight excluding hydrogens is 189 g/mol. The predicted octanol–water partition coefficient (Wildman–Crippen LogP) is 2.83. The van der Waals surface area contributed by atoms with E-state index in [2.05, 4.69) is 13.8 Å². The molecule has 2 atom stereocenters. The van der Waals surface area contributed by atoms with Crippen LogP contribution in [0.15, 0.2) is 18.2 Å². The quantitative estimate of drug-likeness (QED) is 0.793. The smallest absolute Gasteiger partial charge is 0.129 e. The maximum Gasteiger partial charge on any atom is 0.129 e. The van der Waals surface area contributed by atoms with Crippen LogP contribution in [0.4, 0.5) is 4.39 Å². The fourth-order valence-corrected chi connectivity index (χ4v) is 2.71. The fourth-order valence-electron chi connectivity index (χ4n) is 2.71. The van der Waals surface area contributed by atoms with Crippen LogP contribution in [0.5, 0.6) is 0 Å². The number of benzene rings is 1. The lowest BCUT2D eigenvalue weighted by molar-refractivity contribution is 0.549. The van der Waals surface area contributed by atoms with Crippen molar-refractivity contribution in [1.29, 1.82) is 0 Å². The molecule has 0 bridgehead atoms. The monoisotopic (exact) mass is 207 g/mol. The zero-order valence-corrected chi connectivity index (χ0v) is 9.55. The molecule has 2 N–H and O–H groups in total. The Labute approximate surface area is 90.5 Å². The Kier molecular flexibility index (Phi) is 2.34. The van der Waals surface area contributed by atoms with Crippen molar-refractivity contribution in [2.75, 3.05) is 6.54 Å². The average molecular weight is 207 g/mol. The van der Waals surface area contributed by atoms with Gasteiger partial charge >= 0.3 is 0 Å². The highest BCUT2D eigenvalue weighted by molar-refractivity contribution is 5.36. The highest BCUT2D eigenvalue weighted by atomic mass is 19.1. The van der Waals surface area contributed by atoms with E-state index in [1.165, 1.54) is 0 Å². The minimum atomic E-state index is -0.0495. The van der Waals surface area contributed by atoms with E-state index in [1.54, 1.807) is 0 Å². The Morgan fingerprint density at radius 2 is 2.07 bits per heavy atom. The third-order valence-corrected chi connectivity index (χ3v) is 3.86. The molecule has 1 saturated carbocycles. The van der Waals surface area contributed by atoms with E-state index in [1.807, 2.05) is 25.1 Å². The van der Waals surface area contributed by atoms with Gasteiger partial charge in [0.2, 0.25) is 0 Å². The van der Waals surface area contributed by atoms with E-state index >= 15 is 0 Å². The molecule has 0 radical (unpaired) electrons. The summed E-state index contributed by atoms with van der Waals surface area (Å²) in [5, 5.41) is 0. The third-order valence-electron chi connectivity index (χ3n) is 3.86. The van der Waals surface area contributed by atoms with Gasteiger partial charge in [-0.2, -0.15) is 0 Å². The maximum absolute atomic E-state index is 13.9. The van der Waals surface area contributed by atoms with E-state index < -0.39 is 0 Å². The molecular formula is C13H18FN. The topological polar surface area (TPSA) is 26.0 Å². The molecule has 2 rings (SSSR count). The van der Waals surface area contributed by atoms with Crippen molar-refractivity contribution in [3.05, 3.63) is 35.1 Å². The van der Waals surface area contributed by atoms with Gasteiger partial charge in [0.05, 0.1) is 0 Å². The molecule has 2 heteroatoms. The van der Waals surface area contributed by atoms with E-state index in [-0.39, 0.29) is 11.2 Å². The van der Waals surface area contributed by atoms with Crippen LogP contribution < -0.4 is 5.73 Å². The molecule has 1 aliphatic rings. The second-order valence-corrected chi connectivity index (χ2v) is 5.12. The van der Waals surface area contributed by atoms with Gasteiger partial charge in [-0.1, -0.05) is 32.0 Å². The normalized spacial score (nSPS) is 27.8. The van der Waals surface area contributed by atoms with Crippen LogP contribution in [0, 0.1) is 24.1 Å². The van der Waals surface area contributed by atoms with Crippen LogP contribution in [-0.4, -0.2) is 6.54 Å². The number of nitrogens with two attached hydrogens (primary N) is 1. The van der Waals surface area contributed by atoms with Crippen molar-refractivity contribution in [2.24, 2.45) is 17.1 Å². The lowest BCUT2D eigenvalue weighted by Gasteiger charge is -2.06. The number of rotatable bonds is 2. The van der Waals surface area contributed by atoms with Crippen molar-refractivity contribution >= 4 is 0 Å². The van der Waals surface area contributed by atoms with Crippen LogP contribution in [0.2, 0.25) is 0 Å². The SMILES string of the molecule is Cc1cccc([C@@H]2[C@@H](CN)C2(C)C)c1F. The number of hydrogen-bond donors (Lipinski definition) is 1. The van der Waals surface area contributed by atoms with Gasteiger partial charge in [0.15, 0.2) is 0 Å². The molecule has 1 aromatic rings. The van der Waals surface area contributed by atoms with Gasteiger partial charge in [-0.15, -0.1) is 0 Å². The van der Waals surface area contributed by atoms with Gasteiger partial charge in [0, 0.05) is 0 Å². The minimum absolute atomic E-state index is 0.0495. The first kappa shape index (κ1) is 10.6. The van der Waals surface area contributed by atoms with Crippen LogP contribution in [0.1, 0.15) is 30.9 Å². The highest BCUT2D eigenvalue weighted by Gasteiger charge is 2.57. The minimum Gasteiger partial charge on any atom is -0.330 e. The Morgan fingerprint density at radius 1 is 1.40 bits per heavy atom. The lowest BCUT2D eigenvalue weighted by atomic mass is 10.0. The second kappa shape index (κ2) is 3.31. The summed E-state index contributed by atoms with van der Waals surface area (Å²) in [5.41, 5.74) is 7.43. The molecule has 0 aliphatic heterocycles. The molecule has 82 valence electrons. The lowest BCUT2D eigenvalue weighted by Crippen LogP contribution is -2.05. The summed E-state index contributed by atoms with van der Waals surface area (Å²) >= 11 is 0.